The lowest BCUT2D eigenvalue weighted by Gasteiger charge is -2.39. The van der Waals surface area contributed by atoms with Crippen molar-refractivity contribution in [2.75, 3.05) is 13.2 Å². The van der Waals surface area contributed by atoms with Gasteiger partial charge in [-0.3, -0.25) is 4.79 Å². The maximum atomic E-state index is 13.2. The maximum Gasteiger partial charge on any atom is 0.408 e. The van der Waals surface area contributed by atoms with E-state index in [1.807, 2.05) is 24.3 Å². The zero-order valence-electron chi connectivity index (χ0n) is 17.5. The second-order valence-electron chi connectivity index (χ2n) is 9.56. The number of nitrogens with zero attached hydrogens (tertiary/aromatic N) is 1. The summed E-state index contributed by atoms with van der Waals surface area (Å²) in [6.45, 7) is 0.633. The predicted molar refractivity (Wildman–Crippen MR) is 115 cm³/mol. The average Bonchev–Trinajstić information content (AvgIpc) is 3.17. The standard InChI is InChI=1S/C25H24N2O5/c28-21(27-13-15-11-25(27,12-15)22(29)30)24(9-10-24)26-23(31)32-14-20-18-7-3-1-5-16(18)17-6-2-4-8-19(17)20/h1-8,15,20H,9-14H2,(H,26,31)(H,29,30). The Morgan fingerprint density at radius 3 is 2.16 bits per heavy atom. The van der Waals surface area contributed by atoms with Gasteiger partial charge in [-0.15, -0.1) is 0 Å². The van der Waals surface area contributed by atoms with Gasteiger partial charge in [-0.2, -0.15) is 0 Å². The fraction of sp³-hybridized carbons (Fsp3) is 0.400. The number of rotatable bonds is 5. The molecule has 7 rings (SSSR count). The number of carboxylic acid groups (broad SMARTS) is 1. The monoisotopic (exact) mass is 432 g/mol. The van der Waals surface area contributed by atoms with Gasteiger partial charge in [-0.05, 0) is 53.9 Å². The van der Waals surface area contributed by atoms with Crippen LogP contribution in [0.25, 0.3) is 11.1 Å². The first kappa shape index (κ1) is 19.3. The molecule has 2 saturated heterocycles. The van der Waals surface area contributed by atoms with Crippen LogP contribution in [0, 0.1) is 5.92 Å². The Kier molecular flexibility index (Phi) is 3.97. The number of alkyl carbamates (subject to hydrolysis) is 1. The van der Waals surface area contributed by atoms with Crippen LogP contribution < -0.4 is 5.32 Å². The fourth-order valence-corrected chi connectivity index (χ4v) is 5.85. The number of nitrogens with one attached hydrogen (secondary N) is 1. The minimum Gasteiger partial charge on any atom is -0.479 e. The third-order valence-electron chi connectivity index (χ3n) is 7.70. The van der Waals surface area contributed by atoms with Crippen LogP contribution in [0.3, 0.4) is 0 Å². The van der Waals surface area contributed by atoms with E-state index < -0.39 is 23.1 Å². The van der Waals surface area contributed by atoms with Crippen molar-refractivity contribution in [2.24, 2.45) is 5.92 Å². The van der Waals surface area contributed by atoms with Gasteiger partial charge in [-0.25, -0.2) is 9.59 Å². The molecule has 3 aliphatic carbocycles. The fourth-order valence-electron chi connectivity index (χ4n) is 5.85. The summed E-state index contributed by atoms with van der Waals surface area (Å²) in [7, 11) is 0. The van der Waals surface area contributed by atoms with Crippen LogP contribution in [0.15, 0.2) is 48.5 Å². The van der Waals surface area contributed by atoms with E-state index in [4.69, 9.17) is 4.74 Å². The van der Waals surface area contributed by atoms with Crippen molar-refractivity contribution in [3.8, 4) is 11.1 Å². The summed E-state index contributed by atoms with van der Waals surface area (Å²) in [5, 5.41) is 12.4. The van der Waals surface area contributed by atoms with Crippen molar-refractivity contribution in [3.05, 3.63) is 59.7 Å². The van der Waals surface area contributed by atoms with Crippen LogP contribution in [-0.4, -0.2) is 52.2 Å². The molecule has 2 heterocycles. The van der Waals surface area contributed by atoms with Gasteiger partial charge in [0.15, 0.2) is 0 Å². The Bertz CT molecular complexity index is 1100. The Morgan fingerprint density at radius 1 is 1.00 bits per heavy atom. The summed E-state index contributed by atoms with van der Waals surface area (Å²) in [5.74, 6) is -1.04. The molecule has 2 saturated carbocycles. The number of aliphatic carboxylic acids is 1. The van der Waals surface area contributed by atoms with Crippen LogP contribution >= 0.6 is 0 Å². The molecule has 32 heavy (non-hydrogen) atoms. The number of carboxylic acids is 1. The number of hydrogen-bond acceptors (Lipinski definition) is 4. The van der Waals surface area contributed by atoms with Crippen molar-refractivity contribution >= 4 is 18.0 Å². The van der Waals surface area contributed by atoms with Crippen molar-refractivity contribution in [3.63, 3.8) is 0 Å². The maximum absolute atomic E-state index is 13.2. The molecule has 2 aliphatic heterocycles. The highest BCUT2D eigenvalue weighted by Gasteiger charge is 2.67. The molecule has 5 aliphatic rings. The highest BCUT2D eigenvalue weighted by Crippen LogP contribution is 2.53. The largest absolute Gasteiger partial charge is 0.479 e. The molecule has 2 bridgehead atoms. The van der Waals surface area contributed by atoms with Gasteiger partial charge in [0.25, 0.3) is 0 Å². The van der Waals surface area contributed by atoms with Crippen molar-refractivity contribution in [1.29, 1.82) is 0 Å². The van der Waals surface area contributed by atoms with E-state index in [9.17, 15) is 19.5 Å². The van der Waals surface area contributed by atoms with Crippen molar-refractivity contribution < 1.29 is 24.2 Å². The average molecular weight is 432 g/mol. The SMILES string of the molecule is O=C(NC1(C(=O)N2CC3CC2(C(=O)O)C3)CC1)OCC1c2ccccc2-c2ccccc21. The molecule has 2 N–H and O–H groups in total. The molecule has 7 nitrogen and oxygen atoms in total. The van der Waals surface area contributed by atoms with Gasteiger partial charge in [0.2, 0.25) is 5.91 Å². The van der Waals surface area contributed by atoms with Crippen LogP contribution in [0.4, 0.5) is 4.79 Å². The summed E-state index contributed by atoms with van der Waals surface area (Å²) in [6, 6.07) is 16.2. The Morgan fingerprint density at radius 2 is 1.59 bits per heavy atom. The molecule has 164 valence electrons. The summed E-state index contributed by atoms with van der Waals surface area (Å²) in [4.78, 5) is 39.1. The molecule has 0 aromatic heterocycles. The molecule has 4 fully saturated rings. The minimum atomic E-state index is -1.08. The van der Waals surface area contributed by atoms with Gasteiger partial charge >= 0.3 is 12.1 Å². The first-order chi connectivity index (χ1) is 15.4. The second-order valence-corrected chi connectivity index (χ2v) is 9.56. The molecule has 0 radical (unpaired) electrons. The predicted octanol–water partition coefficient (Wildman–Crippen LogP) is 3.13. The molecule has 0 unspecified atom stereocenters. The lowest BCUT2D eigenvalue weighted by Crippen LogP contribution is -2.59. The Labute approximate surface area is 185 Å². The first-order valence-corrected chi connectivity index (χ1v) is 11.1. The van der Waals surface area contributed by atoms with Crippen LogP contribution in [0.2, 0.25) is 0 Å². The first-order valence-electron chi connectivity index (χ1n) is 11.1. The normalized spacial score (nSPS) is 26.0. The summed E-state index contributed by atoms with van der Waals surface area (Å²) < 4.78 is 5.60. The number of benzene rings is 2. The molecular formula is C25H24N2O5. The lowest BCUT2D eigenvalue weighted by molar-refractivity contribution is -0.159. The Balaban J connectivity index is 1.15. The van der Waals surface area contributed by atoms with Gasteiger partial charge in [-0.1, -0.05) is 48.5 Å². The minimum absolute atomic E-state index is 0.0555. The number of ether oxygens (including phenoxy) is 1. The summed E-state index contributed by atoms with van der Waals surface area (Å²) in [5.41, 5.74) is 2.44. The van der Waals surface area contributed by atoms with E-state index >= 15 is 0 Å². The van der Waals surface area contributed by atoms with Gasteiger partial charge in [0.1, 0.15) is 17.7 Å². The molecule has 2 amide bonds. The quantitative estimate of drug-likeness (QED) is 0.757. The topological polar surface area (TPSA) is 95.9 Å². The van der Waals surface area contributed by atoms with Gasteiger partial charge in [0, 0.05) is 12.5 Å². The number of fused-ring (bicyclic) bond motifs is 4. The molecule has 2 aromatic carbocycles. The highest BCUT2D eigenvalue weighted by atomic mass is 16.5. The third-order valence-corrected chi connectivity index (χ3v) is 7.70. The zero-order chi connectivity index (χ0) is 22.1. The molecule has 0 spiro atoms. The van der Waals surface area contributed by atoms with E-state index in [1.165, 1.54) is 4.90 Å². The number of hydrogen-bond donors (Lipinski definition) is 2. The van der Waals surface area contributed by atoms with Gasteiger partial charge < -0.3 is 20.1 Å². The molecule has 7 heteroatoms. The van der Waals surface area contributed by atoms with E-state index in [1.54, 1.807) is 0 Å². The number of carbonyl (C=O) groups excluding carboxylic acids is 2. The summed E-state index contributed by atoms with van der Waals surface area (Å²) >= 11 is 0. The number of amides is 2. The third kappa shape index (κ3) is 2.63. The Hall–Kier alpha value is -3.35. The molecule has 0 atom stereocenters. The molecule has 2 aromatic rings. The zero-order valence-corrected chi connectivity index (χ0v) is 17.5. The highest BCUT2D eigenvalue weighted by molar-refractivity contribution is 5.97. The van der Waals surface area contributed by atoms with E-state index in [-0.39, 0.29) is 24.3 Å². The molecular weight excluding hydrogens is 408 g/mol. The lowest BCUT2D eigenvalue weighted by atomic mass is 9.73. The van der Waals surface area contributed by atoms with E-state index in [0.717, 1.165) is 22.3 Å². The van der Waals surface area contributed by atoms with Gasteiger partial charge in [0.05, 0.1) is 0 Å². The second kappa shape index (κ2) is 6.58. The smallest absolute Gasteiger partial charge is 0.408 e. The van der Waals surface area contributed by atoms with E-state index in [0.29, 0.717) is 32.2 Å². The van der Waals surface area contributed by atoms with Crippen molar-refractivity contribution in [2.45, 2.75) is 42.7 Å². The van der Waals surface area contributed by atoms with Crippen molar-refractivity contribution in [1.82, 2.24) is 10.2 Å². The number of carbonyl (C=O) groups is 3. The van der Waals surface area contributed by atoms with Crippen LogP contribution in [0.1, 0.15) is 42.7 Å². The van der Waals surface area contributed by atoms with Crippen LogP contribution in [-0.2, 0) is 14.3 Å². The summed E-state index contributed by atoms with van der Waals surface area (Å²) in [6.07, 6.45) is 1.40. The van der Waals surface area contributed by atoms with Crippen LogP contribution in [0.5, 0.6) is 0 Å². The van der Waals surface area contributed by atoms with E-state index in [2.05, 4.69) is 29.6 Å².